The minimum atomic E-state index is -0.430. The van der Waals surface area contributed by atoms with Crippen molar-refractivity contribution in [1.29, 1.82) is 0 Å². The third-order valence-electron chi connectivity index (χ3n) is 5.48. The summed E-state index contributed by atoms with van der Waals surface area (Å²) in [6, 6.07) is 17.5. The van der Waals surface area contributed by atoms with Gasteiger partial charge in [-0.2, -0.15) is 0 Å². The number of aliphatic hydroxyl groups excluding tert-OH is 1. The molecule has 0 radical (unpaired) electrons. The predicted molar refractivity (Wildman–Crippen MR) is 109 cm³/mol. The van der Waals surface area contributed by atoms with Crippen LogP contribution in [0.3, 0.4) is 0 Å². The second-order valence-electron chi connectivity index (χ2n) is 7.77. The number of carbonyl (C=O) groups is 1. The average Bonchev–Trinajstić information content (AvgIpc) is 3.62. The number of rotatable bonds is 8. The van der Waals surface area contributed by atoms with E-state index in [1.165, 1.54) is 12.8 Å². The van der Waals surface area contributed by atoms with Gasteiger partial charge in [0.1, 0.15) is 0 Å². The molecule has 5 heteroatoms. The van der Waals surface area contributed by atoms with Gasteiger partial charge in [0.05, 0.1) is 13.2 Å². The van der Waals surface area contributed by atoms with E-state index in [2.05, 4.69) is 5.32 Å². The van der Waals surface area contributed by atoms with Crippen LogP contribution < -0.4 is 5.32 Å². The Morgan fingerprint density at radius 1 is 1.03 bits per heavy atom. The molecular weight excluding hydrogens is 366 g/mol. The standard InChI is InChI=1S/C24H27NO4/c26-15-18-6-8-19(9-7-18)16-28-23-13-21(20-10-11-20)12-22(29-23)24(27)25-14-17-4-2-1-3-5-17/h1-9,12,20-21,23,26H,10-11,13-16H2,(H,25,27)/t21-,23+/m1/s1. The van der Waals surface area contributed by atoms with Crippen molar-refractivity contribution in [2.45, 2.75) is 45.3 Å². The number of carbonyl (C=O) groups excluding carboxylic acids is 1. The fourth-order valence-corrected chi connectivity index (χ4v) is 3.59. The van der Waals surface area contributed by atoms with Gasteiger partial charge in [-0.1, -0.05) is 54.6 Å². The number of allylic oxidation sites excluding steroid dienone is 1. The van der Waals surface area contributed by atoms with Gasteiger partial charge in [0.15, 0.2) is 5.76 Å². The Morgan fingerprint density at radius 3 is 2.45 bits per heavy atom. The zero-order valence-electron chi connectivity index (χ0n) is 16.4. The van der Waals surface area contributed by atoms with E-state index in [1.54, 1.807) is 0 Å². The maximum atomic E-state index is 12.7. The van der Waals surface area contributed by atoms with E-state index in [0.29, 0.717) is 30.7 Å². The lowest BCUT2D eigenvalue weighted by molar-refractivity contribution is -0.154. The van der Waals surface area contributed by atoms with Gasteiger partial charge in [0.25, 0.3) is 5.91 Å². The third kappa shape index (κ3) is 5.46. The number of amides is 1. The molecule has 0 spiro atoms. The summed E-state index contributed by atoms with van der Waals surface area (Å²) in [6.07, 6.45) is 4.73. The molecule has 0 unspecified atom stereocenters. The van der Waals surface area contributed by atoms with Crippen molar-refractivity contribution in [3.8, 4) is 0 Å². The number of ether oxygens (including phenoxy) is 2. The first-order valence-corrected chi connectivity index (χ1v) is 10.2. The lowest BCUT2D eigenvalue weighted by Crippen LogP contribution is -2.33. The van der Waals surface area contributed by atoms with E-state index in [4.69, 9.17) is 14.6 Å². The molecule has 2 aromatic carbocycles. The van der Waals surface area contributed by atoms with Gasteiger partial charge in [0, 0.05) is 13.0 Å². The quantitative estimate of drug-likeness (QED) is 0.718. The van der Waals surface area contributed by atoms with E-state index in [0.717, 1.165) is 23.1 Å². The molecule has 5 nitrogen and oxygen atoms in total. The molecule has 1 fully saturated rings. The largest absolute Gasteiger partial charge is 0.459 e. The van der Waals surface area contributed by atoms with E-state index >= 15 is 0 Å². The average molecular weight is 393 g/mol. The molecule has 152 valence electrons. The molecule has 29 heavy (non-hydrogen) atoms. The summed E-state index contributed by atoms with van der Waals surface area (Å²) < 4.78 is 11.9. The van der Waals surface area contributed by atoms with Gasteiger partial charge >= 0.3 is 0 Å². The van der Waals surface area contributed by atoms with Crippen LogP contribution in [0.15, 0.2) is 66.4 Å². The highest BCUT2D eigenvalue weighted by Crippen LogP contribution is 2.42. The van der Waals surface area contributed by atoms with Crippen LogP contribution in [0.2, 0.25) is 0 Å². The van der Waals surface area contributed by atoms with Gasteiger partial charge < -0.3 is 19.9 Å². The first-order valence-electron chi connectivity index (χ1n) is 10.2. The highest BCUT2D eigenvalue weighted by Gasteiger charge is 2.37. The number of aliphatic hydroxyl groups is 1. The lowest BCUT2D eigenvalue weighted by atomic mass is 9.96. The van der Waals surface area contributed by atoms with Crippen molar-refractivity contribution >= 4 is 5.91 Å². The minimum Gasteiger partial charge on any atom is -0.459 e. The van der Waals surface area contributed by atoms with E-state index < -0.39 is 6.29 Å². The van der Waals surface area contributed by atoms with Crippen molar-refractivity contribution in [3.05, 3.63) is 83.1 Å². The van der Waals surface area contributed by atoms with E-state index in [9.17, 15) is 4.79 Å². The van der Waals surface area contributed by atoms with Crippen LogP contribution >= 0.6 is 0 Å². The minimum absolute atomic E-state index is 0.0299. The summed E-state index contributed by atoms with van der Waals surface area (Å²) in [5.74, 6) is 1.12. The number of nitrogens with one attached hydrogen (secondary N) is 1. The fourth-order valence-electron chi connectivity index (χ4n) is 3.59. The maximum absolute atomic E-state index is 12.7. The summed E-state index contributed by atoms with van der Waals surface area (Å²) in [5, 5.41) is 12.1. The molecule has 2 atom stereocenters. The summed E-state index contributed by atoms with van der Waals surface area (Å²) >= 11 is 0. The Kier molecular flexibility index (Phi) is 6.27. The zero-order valence-corrected chi connectivity index (χ0v) is 16.4. The Balaban J connectivity index is 1.35. The molecule has 0 bridgehead atoms. The topological polar surface area (TPSA) is 67.8 Å². The van der Waals surface area contributed by atoms with Gasteiger partial charge in [-0.15, -0.1) is 0 Å². The van der Waals surface area contributed by atoms with Crippen molar-refractivity contribution < 1.29 is 19.4 Å². The maximum Gasteiger partial charge on any atom is 0.286 e. The first kappa shape index (κ1) is 19.7. The third-order valence-corrected chi connectivity index (χ3v) is 5.48. The van der Waals surface area contributed by atoms with Crippen LogP contribution in [0.4, 0.5) is 0 Å². The van der Waals surface area contributed by atoms with Crippen LogP contribution in [0.5, 0.6) is 0 Å². The molecule has 1 aliphatic carbocycles. The van der Waals surface area contributed by atoms with Gasteiger partial charge in [-0.3, -0.25) is 4.79 Å². The molecule has 4 rings (SSSR count). The SMILES string of the molecule is O=C(NCc1ccccc1)C1=C[C@@H](C2CC2)C[C@@H](OCc2ccc(CO)cc2)O1. The second kappa shape index (κ2) is 9.25. The summed E-state index contributed by atoms with van der Waals surface area (Å²) in [4.78, 5) is 12.7. The summed E-state index contributed by atoms with van der Waals surface area (Å²) in [7, 11) is 0. The van der Waals surface area contributed by atoms with Crippen molar-refractivity contribution in [1.82, 2.24) is 5.32 Å². The first-order chi connectivity index (χ1) is 14.2. The second-order valence-corrected chi connectivity index (χ2v) is 7.77. The highest BCUT2D eigenvalue weighted by atomic mass is 16.7. The van der Waals surface area contributed by atoms with Gasteiger partial charge in [-0.25, -0.2) is 0 Å². The van der Waals surface area contributed by atoms with Crippen molar-refractivity contribution in [3.63, 3.8) is 0 Å². The normalized spacial score (nSPS) is 21.2. The molecule has 1 saturated carbocycles. The van der Waals surface area contributed by atoms with E-state index in [-0.39, 0.29) is 12.5 Å². The molecule has 2 N–H and O–H groups in total. The Labute approximate surface area is 171 Å². The number of benzene rings is 2. The Hall–Kier alpha value is -2.63. The molecule has 2 aromatic rings. The van der Waals surface area contributed by atoms with Crippen molar-refractivity contribution in [2.75, 3.05) is 0 Å². The molecular formula is C24H27NO4. The van der Waals surface area contributed by atoms with Crippen molar-refractivity contribution in [2.24, 2.45) is 11.8 Å². The number of hydrogen-bond acceptors (Lipinski definition) is 4. The van der Waals surface area contributed by atoms with Gasteiger partial charge in [-0.05, 0) is 47.4 Å². The molecule has 0 aromatic heterocycles. The predicted octanol–water partition coefficient (Wildman–Crippen LogP) is 3.67. The van der Waals surface area contributed by atoms with Crippen LogP contribution in [0, 0.1) is 11.8 Å². The zero-order chi connectivity index (χ0) is 20.1. The molecule has 1 aliphatic heterocycles. The smallest absolute Gasteiger partial charge is 0.286 e. The summed E-state index contributed by atoms with van der Waals surface area (Å²) in [5.41, 5.74) is 2.94. The Bertz CT molecular complexity index is 843. The lowest BCUT2D eigenvalue weighted by Gasteiger charge is -2.29. The number of hydrogen-bond donors (Lipinski definition) is 2. The monoisotopic (exact) mass is 393 g/mol. The molecule has 1 heterocycles. The van der Waals surface area contributed by atoms with Crippen LogP contribution in [-0.2, 0) is 34.0 Å². The van der Waals surface area contributed by atoms with E-state index in [1.807, 2.05) is 60.7 Å². The van der Waals surface area contributed by atoms with Crippen LogP contribution in [0.1, 0.15) is 36.0 Å². The Morgan fingerprint density at radius 2 is 1.76 bits per heavy atom. The summed E-state index contributed by atoms with van der Waals surface area (Å²) in [6.45, 7) is 0.909. The van der Waals surface area contributed by atoms with Crippen LogP contribution in [0.25, 0.3) is 0 Å². The fraction of sp³-hybridized carbons (Fsp3) is 0.375. The highest BCUT2D eigenvalue weighted by molar-refractivity contribution is 5.91. The molecule has 0 saturated heterocycles. The molecule has 1 amide bonds. The van der Waals surface area contributed by atoms with Crippen LogP contribution in [-0.4, -0.2) is 17.3 Å². The van der Waals surface area contributed by atoms with Gasteiger partial charge in [0.2, 0.25) is 6.29 Å². The molecule has 2 aliphatic rings.